The van der Waals surface area contributed by atoms with Crippen molar-refractivity contribution in [3.05, 3.63) is 0 Å². The average Bonchev–Trinajstić information content (AvgIpc) is 2.24. The molecule has 0 fully saturated rings. The molecule has 0 aromatic heterocycles. The van der Waals surface area contributed by atoms with E-state index in [4.69, 9.17) is 0 Å². The zero-order chi connectivity index (χ0) is 26.4. The number of hydrogen-bond acceptors (Lipinski definition) is 0. The third-order valence-electron chi connectivity index (χ3n) is 4.68. The molecular formula is C30H66Sn2. The Labute approximate surface area is 221 Å². The second-order valence-corrected chi connectivity index (χ2v) is 32.5. The molecule has 0 rings (SSSR count). The van der Waals surface area contributed by atoms with Crippen LogP contribution < -0.4 is 0 Å². The molecule has 0 heterocycles. The van der Waals surface area contributed by atoms with Crippen LogP contribution in [0.4, 0.5) is 0 Å². The van der Waals surface area contributed by atoms with Gasteiger partial charge in [-0.05, 0) is 0 Å². The average molecular weight is 664 g/mol. The van der Waals surface area contributed by atoms with Crippen molar-refractivity contribution in [2.24, 2.45) is 32.5 Å². The molecule has 194 valence electrons. The molecule has 0 saturated heterocycles. The Morgan fingerprint density at radius 1 is 0.250 bits per heavy atom. The molecule has 0 aliphatic carbocycles. The van der Waals surface area contributed by atoms with Crippen LogP contribution >= 0.6 is 0 Å². The van der Waals surface area contributed by atoms with Crippen LogP contribution in [0.15, 0.2) is 0 Å². The predicted molar refractivity (Wildman–Crippen MR) is 157 cm³/mol. The normalized spacial score (nSPS) is 14.6. The summed E-state index contributed by atoms with van der Waals surface area (Å²) in [7, 11) is 0. The van der Waals surface area contributed by atoms with Gasteiger partial charge < -0.3 is 0 Å². The topological polar surface area (TPSA) is 0 Å². The molecule has 0 aliphatic heterocycles. The monoisotopic (exact) mass is 666 g/mol. The maximum absolute atomic E-state index is 2.42. The van der Waals surface area contributed by atoms with Gasteiger partial charge in [0.2, 0.25) is 0 Å². The van der Waals surface area contributed by atoms with Gasteiger partial charge in [0.1, 0.15) is 0 Å². The van der Waals surface area contributed by atoms with Crippen LogP contribution in [-0.4, -0.2) is 39.5 Å². The summed E-state index contributed by atoms with van der Waals surface area (Å²) < 4.78 is 9.27. The Balaban J connectivity index is 0. The molecule has 0 spiro atoms. The second-order valence-electron chi connectivity index (χ2n) is 17.9. The Kier molecular flexibility index (Phi) is 14.8. The van der Waals surface area contributed by atoms with E-state index in [9.17, 15) is 0 Å². The van der Waals surface area contributed by atoms with E-state index in [-0.39, 0.29) is 0 Å². The first-order valence-corrected chi connectivity index (χ1v) is 25.4. The van der Waals surface area contributed by atoms with Crippen molar-refractivity contribution in [3.63, 3.8) is 0 Å². The van der Waals surface area contributed by atoms with Gasteiger partial charge in [0.05, 0.1) is 0 Å². The minimum absolute atomic E-state index is 0.547. The molecule has 0 aliphatic rings. The zero-order valence-corrected chi connectivity index (χ0v) is 32.0. The molecule has 0 amide bonds. The van der Waals surface area contributed by atoms with Crippen molar-refractivity contribution in [1.29, 1.82) is 0 Å². The van der Waals surface area contributed by atoms with E-state index in [1.54, 1.807) is 26.6 Å². The van der Waals surface area contributed by atoms with Gasteiger partial charge in [-0.25, -0.2) is 0 Å². The van der Waals surface area contributed by atoms with Crippen LogP contribution in [-0.2, 0) is 0 Å². The Morgan fingerprint density at radius 3 is 0.406 bits per heavy atom. The third-order valence-corrected chi connectivity index (χ3v) is 31.4. The van der Waals surface area contributed by atoms with Gasteiger partial charge in [-0.2, -0.15) is 0 Å². The molecule has 0 N–H and O–H groups in total. The molecule has 2 radical (unpaired) electrons. The van der Waals surface area contributed by atoms with Crippen molar-refractivity contribution in [1.82, 2.24) is 0 Å². The van der Waals surface area contributed by atoms with Crippen molar-refractivity contribution in [2.75, 3.05) is 0 Å². The quantitative estimate of drug-likeness (QED) is 0.248. The van der Waals surface area contributed by atoms with Gasteiger partial charge in [0.15, 0.2) is 0 Å². The summed E-state index contributed by atoms with van der Waals surface area (Å²) in [6.07, 6.45) is 0. The van der Waals surface area contributed by atoms with E-state index in [1.165, 1.54) is 0 Å². The predicted octanol–water partition coefficient (Wildman–Crippen LogP) is 11.2. The van der Waals surface area contributed by atoms with Gasteiger partial charge in [0, 0.05) is 0 Å². The summed E-state index contributed by atoms with van der Waals surface area (Å²) in [5.41, 5.74) is 3.28. The minimum atomic E-state index is -1.22. The molecule has 0 atom stereocenters. The van der Waals surface area contributed by atoms with E-state index in [0.717, 1.165) is 0 Å². The summed E-state index contributed by atoms with van der Waals surface area (Å²) >= 11 is -2.44. The van der Waals surface area contributed by atoms with Gasteiger partial charge >= 0.3 is 223 Å². The first-order chi connectivity index (χ1) is 13.6. The van der Waals surface area contributed by atoms with E-state index in [2.05, 4.69) is 125 Å². The third kappa shape index (κ3) is 29.6. The van der Waals surface area contributed by atoms with Gasteiger partial charge in [-0.1, -0.05) is 0 Å². The number of hydrogen-bond donors (Lipinski definition) is 0. The molecule has 0 unspecified atom stereocenters. The molecule has 0 aromatic rings. The van der Waals surface area contributed by atoms with Crippen LogP contribution in [0.2, 0.25) is 26.6 Å². The second kappa shape index (κ2) is 13.2. The number of rotatable bonds is 6. The standard InChI is InChI=1S/6C5H11.2Sn/c6*1-5(2,3)4;;/h6*1H2,2-4H3;;. The summed E-state index contributed by atoms with van der Waals surface area (Å²) in [6.45, 7) is 43.5. The fraction of sp³-hybridized carbons (Fsp3) is 1.00. The van der Waals surface area contributed by atoms with Crippen LogP contribution in [0.5, 0.6) is 0 Å². The molecule has 32 heavy (non-hydrogen) atoms. The summed E-state index contributed by atoms with van der Waals surface area (Å²) in [5, 5.41) is 0. The molecular weight excluding hydrogens is 598 g/mol. The Morgan fingerprint density at radius 2 is 0.344 bits per heavy atom. The van der Waals surface area contributed by atoms with Crippen molar-refractivity contribution >= 4 is 39.5 Å². The van der Waals surface area contributed by atoms with E-state index in [0.29, 0.717) is 32.5 Å². The van der Waals surface area contributed by atoms with E-state index < -0.39 is 39.5 Å². The summed E-state index contributed by atoms with van der Waals surface area (Å²) in [6, 6.07) is 0. The van der Waals surface area contributed by atoms with Crippen molar-refractivity contribution in [2.45, 2.75) is 151 Å². The van der Waals surface area contributed by atoms with E-state index in [1.807, 2.05) is 0 Å². The summed E-state index contributed by atoms with van der Waals surface area (Å²) in [5.74, 6) is 0. The van der Waals surface area contributed by atoms with Gasteiger partial charge in [-0.3, -0.25) is 0 Å². The van der Waals surface area contributed by atoms with Crippen LogP contribution in [0.1, 0.15) is 125 Å². The van der Waals surface area contributed by atoms with E-state index >= 15 is 0 Å². The molecule has 0 aromatic carbocycles. The Hall–Kier alpha value is 1.60. The van der Waals surface area contributed by atoms with Crippen molar-refractivity contribution < 1.29 is 0 Å². The fourth-order valence-electron chi connectivity index (χ4n) is 4.87. The van der Waals surface area contributed by atoms with Crippen LogP contribution in [0.25, 0.3) is 0 Å². The van der Waals surface area contributed by atoms with Gasteiger partial charge in [0.25, 0.3) is 0 Å². The molecule has 0 saturated carbocycles. The fourth-order valence-corrected chi connectivity index (χ4v) is 32.7. The first kappa shape index (κ1) is 35.8. The van der Waals surface area contributed by atoms with Gasteiger partial charge in [-0.15, -0.1) is 0 Å². The van der Waals surface area contributed by atoms with Crippen LogP contribution in [0.3, 0.4) is 0 Å². The molecule has 2 heteroatoms. The first-order valence-electron chi connectivity index (χ1n) is 13.2. The summed E-state index contributed by atoms with van der Waals surface area (Å²) in [4.78, 5) is 0. The zero-order valence-electron chi connectivity index (χ0n) is 26.2. The van der Waals surface area contributed by atoms with Crippen molar-refractivity contribution in [3.8, 4) is 0 Å². The Bertz CT molecular complexity index is 366. The molecule has 0 bridgehead atoms. The maximum atomic E-state index is 2.42. The molecule has 0 nitrogen and oxygen atoms in total. The van der Waals surface area contributed by atoms with Crippen LogP contribution in [0, 0.1) is 32.5 Å². The SMILES string of the molecule is CC(C)(C)[CH2][Sn]([CH2]C(C)(C)C)[CH2]C(C)(C)C.CC(C)(C)[CH2][Sn]([CH2]C(C)(C)C)[CH2]C(C)(C)C.